The summed E-state index contributed by atoms with van der Waals surface area (Å²) in [5.41, 5.74) is 2.04. The maximum absolute atomic E-state index is 6.41. The first-order valence-corrected chi connectivity index (χ1v) is 18.9. The lowest BCUT2D eigenvalue weighted by molar-refractivity contribution is 0.545. The zero-order chi connectivity index (χ0) is 14.6. The van der Waals surface area contributed by atoms with Crippen LogP contribution in [0.4, 0.5) is 0 Å². The van der Waals surface area contributed by atoms with E-state index in [9.17, 15) is 0 Å². The standard InChI is InChI=1S/C12H32O2Si4/c1-10-16(4,5)14-18(8,9)12-11-17(6,7)13-15(2)3/h10,15H,1,11-12H2,2-9H3. The summed E-state index contributed by atoms with van der Waals surface area (Å²) in [5.74, 6) is 0. The second-order valence-corrected chi connectivity index (χ2v) is 22.6. The van der Waals surface area contributed by atoms with Crippen molar-refractivity contribution >= 4 is 34.0 Å². The normalized spacial score (nSPS) is 14.1. The van der Waals surface area contributed by atoms with Crippen molar-refractivity contribution in [2.45, 2.75) is 64.5 Å². The van der Waals surface area contributed by atoms with Gasteiger partial charge in [-0.15, -0.1) is 6.58 Å². The first-order valence-electron chi connectivity index (χ1n) is 6.91. The lowest BCUT2D eigenvalue weighted by Gasteiger charge is -2.34. The minimum atomic E-state index is -1.63. The van der Waals surface area contributed by atoms with Crippen LogP contribution >= 0.6 is 0 Å². The van der Waals surface area contributed by atoms with Crippen LogP contribution in [-0.4, -0.2) is 34.0 Å². The van der Waals surface area contributed by atoms with Crippen LogP contribution in [0.15, 0.2) is 12.3 Å². The Morgan fingerprint density at radius 1 is 0.944 bits per heavy atom. The molecule has 0 saturated heterocycles. The van der Waals surface area contributed by atoms with Crippen LogP contribution in [0.5, 0.6) is 0 Å². The Kier molecular flexibility index (Phi) is 7.00. The Hall–Kier alpha value is 0.528. The molecule has 2 nitrogen and oxygen atoms in total. The maximum Gasteiger partial charge on any atom is 0.197 e. The van der Waals surface area contributed by atoms with E-state index in [-0.39, 0.29) is 0 Å². The topological polar surface area (TPSA) is 18.5 Å². The summed E-state index contributed by atoms with van der Waals surface area (Å²) in [6.45, 7) is 22.3. The van der Waals surface area contributed by atoms with E-state index in [1.165, 1.54) is 12.1 Å². The number of hydrogen-bond acceptors (Lipinski definition) is 2. The second-order valence-electron chi connectivity index (χ2n) is 7.10. The average Bonchev–Trinajstić information content (AvgIpc) is 2.12. The van der Waals surface area contributed by atoms with Crippen molar-refractivity contribution in [3.63, 3.8) is 0 Å². The van der Waals surface area contributed by atoms with Gasteiger partial charge in [-0.2, -0.15) is 0 Å². The van der Waals surface area contributed by atoms with Crippen molar-refractivity contribution < 1.29 is 8.23 Å². The van der Waals surface area contributed by atoms with Crippen LogP contribution < -0.4 is 0 Å². The summed E-state index contributed by atoms with van der Waals surface area (Å²) in [7, 11) is -5.55. The molecule has 0 spiro atoms. The van der Waals surface area contributed by atoms with Gasteiger partial charge >= 0.3 is 0 Å². The summed E-state index contributed by atoms with van der Waals surface area (Å²) >= 11 is 0. The van der Waals surface area contributed by atoms with Gasteiger partial charge in [-0.1, -0.05) is 5.70 Å². The highest BCUT2D eigenvalue weighted by molar-refractivity contribution is 6.88. The van der Waals surface area contributed by atoms with Gasteiger partial charge in [0.1, 0.15) is 0 Å². The van der Waals surface area contributed by atoms with Gasteiger partial charge in [0.25, 0.3) is 0 Å². The van der Waals surface area contributed by atoms with Crippen LogP contribution in [0.3, 0.4) is 0 Å². The van der Waals surface area contributed by atoms with Gasteiger partial charge in [0, 0.05) is 0 Å². The van der Waals surface area contributed by atoms with Crippen LogP contribution in [-0.2, 0) is 8.23 Å². The first kappa shape index (κ1) is 18.5. The number of rotatable bonds is 8. The van der Waals surface area contributed by atoms with Gasteiger partial charge in [-0.3, -0.25) is 0 Å². The predicted octanol–water partition coefficient (Wildman–Crippen LogP) is 4.34. The van der Waals surface area contributed by atoms with Gasteiger partial charge in [0.15, 0.2) is 34.0 Å². The van der Waals surface area contributed by atoms with Crippen LogP contribution in [0.1, 0.15) is 0 Å². The van der Waals surface area contributed by atoms with E-state index in [1.807, 2.05) is 5.70 Å². The highest BCUT2D eigenvalue weighted by Gasteiger charge is 2.34. The van der Waals surface area contributed by atoms with Crippen molar-refractivity contribution in [1.82, 2.24) is 0 Å². The Morgan fingerprint density at radius 3 is 1.78 bits per heavy atom. The third-order valence-electron chi connectivity index (χ3n) is 2.91. The summed E-state index contributed by atoms with van der Waals surface area (Å²) in [6.07, 6.45) is 0. The van der Waals surface area contributed by atoms with Crippen LogP contribution in [0.25, 0.3) is 0 Å². The molecule has 0 amide bonds. The molecule has 0 N–H and O–H groups in total. The molecule has 0 aliphatic heterocycles. The monoisotopic (exact) mass is 320 g/mol. The highest BCUT2D eigenvalue weighted by Crippen LogP contribution is 2.25. The van der Waals surface area contributed by atoms with E-state index >= 15 is 0 Å². The van der Waals surface area contributed by atoms with Crippen molar-refractivity contribution in [2.75, 3.05) is 0 Å². The van der Waals surface area contributed by atoms with E-state index in [0.29, 0.717) is 0 Å². The zero-order valence-corrected chi connectivity index (χ0v) is 17.7. The summed E-state index contributed by atoms with van der Waals surface area (Å²) in [5, 5.41) is 0. The minimum absolute atomic E-state index is 0.901. The molecule has 0 fully saturated rings. The molecule has 18 heavy (non-hydrogen) atoms. The fourth-order valence-electron chi connectivity index (χ4n) is 2.10. The van der Waals surface area contributed by atoms with Crippen LogP contribution in [0, 0.1) is 0 Å². The second kappa shape index (κ2) is 6.80. The molecule has 0 rings (SSSR count). The van der Waals surface area contributed by atoms with E-state index in [2.05, 4.69) is 59.0 Å². The molecule has 0 aromatic carbocycles. The summed E-state index contributed by atoms with van der Waals surface area (Å²) in [6, 6.07) is 2.45. The van der Waals surface area contributed by atoms with E-state index in [4.69, 9.17) is 8.23 Å². The van der Waals surface area contributed by atoms with Crippen molar-refractivity contribution in [3.8, 4) is 0 Å². The Balaban J connectivity index is 4.38. The van der Waals surface area contributed by atoms with Crippen molar-refractivity contribution in [1.29, 1.82) is 0 Å². The van der Waals surface area contributed by atoms with Gasteiger partial charge in [-0.25, -0.2) is 0 Å². The molecule has 0 bridgehead atoms. The Bertz CT molecular complexity index is 275. The lowest BCUT2D eigenvalue weighted by Crippen LogP contribution is -2.45. The first-order chi connectivity index (χ1) is 7.89. The molecule has 0 unspecified atom stereocenters. The average molecular weight is 321 g/mol. The van der Waals surface area contributed by atoms with E-state index in [0.717, 1.165) is 0 Å². The third kappa shape index (κ3) is 8.60. The SMILES string of the molecule is C=C[Si](C)(C)O[Si](C)(C)CC[Si](C)(C)O[SiH](C)C. The Labute approximate surface area is 119 Å². The molecule has 108 valence electrons. The summed E-state index contributed by atoms with van der Waals surface area (Å²) in [4.78, 5) is 0. The molecule has 0 atom stereocenters. The van der Waals surface area contributed by atoms with Gasteiger partial charge in [-0.05, 0) is 64.5 Å². The molecule has 0 radical (unpaired) electrons. The fraction of sp³-hybridized carbons (Fsp3) is 0.833. The molecule has 6 heteroatoms. The van der Waals surface area contributed by atoms with E-state index < -0.39 is 34.0 Å². The molecule has 0 aromatic heterocycles. The fourth-order valence-corrected chi connectivity index (χ4v) is 18.9. The summed E-state index contributed by atoms with van der Waals surface area (Å²) < 4.78 is 12.6. The zero-order valence-electron chi connectivity index (χ0n) is 13.6. The minimum Gasteiger partial charge on any atom is -0.458 e. The third-order valence-corrected chi connectivity index (χ3v) is 16.1. The number of hydrogen-bond donors (Lipinski definition) is 0. The Morgan fingerprint density at radius 2 is 1.39 bits per heavy atom. The highest BCUT2D eigenvalue weighted by atomic mass is 28.4. The predicted molar refractivity (Wildman–Crippen MR) is 93.3 cm³/mol. The molecule has 0 aromatic rings. The smallest absolute Gasteiger partial charge is 0.197 e. The van der Waals surface area contributed by atoms with Crippen molar-refractivity contribution in [3.05, 3.63) is 12.3 Å². The molecule has 0 heterocycles. The molecule has 0 aliphatic carbocycles. The molecular weight excluding hydrogens is 288 g/mol. The molecular formula is C12H32O2Si4. The van der Waals surface area contributed by atoms with Crippen LogP contribution in [0.2, 0.25) is 64.5 Å². The van der Waals surface area contributed by atoms with E-state index in [1.54, 1.807) is 0 Å². The molecule has 0 saturated carbocycles. The van der Waals surface area contributed by atoms with Gasteiger partial charge in [0.2, 0.25) is 0 Å². The van der Waals surface area contributed by atoms with Gasteiger partial charge in [0.05, 0.1) is 0 Å². The quantitative estimate of drug-likeness (QED) is 0.619. The lowest BCUT2D eigenvalue weighted by atomic mass is 10.9. The molecule has 0 aliphatic rings. The maximum atomic E-state index is 6.41. The van der Waals surface area contributed by atoms with Gasteiger partial charge < -0.3 is 8.23 Å². The largest absolute Gasteiger partial charge is 0.458 e. The van der Waals surface area contributed by atoms with Crippen molar-refractivity contribution in [2.24, 2.45) is 0 Å².